The highest BCUT2D eigenvalue weighted by Gasteiger charge is 2.60. The fourth-order valence-corrected chi connectivity index (χ4v) is 1.90. The van der Waals surface area contributed by atoms with Gasteiger partial charge in [0, 0.05) is 0 Å². The summed E-state index contributed by atoms with van der Waals surface area (Å²) in [6.45, 7) is 3.87. The minimum Gasteiger partial charge on any atom is -0.481 e. The largest absolute Gasteiger partial charge is 0.481 e. The molecule has 0 aliphatic heterocycles. The van der Waals surface area contributed by atoms with Gasteiger partial charge < -0.3 is 5.11 Å². The molecular formula is C10H12Cl2O2. The van der Waals surface area contributed by atoms with Gasteiger partial charge in [-0.15, -0.1) is 0 Å². The van der Waals surface area contributed by atoms with Gasteiger partial charge in [-0.1, -0.05) is 49.2 Å². The summed E-state index contributed by atoms with van der Waals surface area (Å²) in [5, 5.41) is 8.87. The van der Waals surface area contributed by atoms with Gasteiger partial charge in [0.1, 0.15) is 4.49 Å². The summed E-state index contributed by atoms with van der Waals surface area (Å²) in [6, 6.07) is 0. The van der Waals surface area contributed by atoms with Gasteiger partial charge >= 0.3 is 5.97 Å². The Balaban J connectivity index is 2.62. The summed E-state index contributed by atoms with van der Waals surface area (Å²) in [7, 11) is 0. The fraction of sp³-hybridized carbons (Fsp3) is 0.500. The Morgan fingerprint density at radius 1 is 1.43 bits per heavy atom. The topological polar surface area (TPSA) is 37.3 Å². The summed E-state index contributed by atoms with van der Waals surface area (Å²) in [5.74, 6) is -0.962. The Hall–Kier alpha value is -0.470. The fourth-order valence-electron chi connectivity index (χ4n) is 1.76. The number of hydrogen-bond acceptors (Lipinski definition) is 1. The van der Waals surface area contributed by atoms with Crippen LogP contribution in [0.4, 0.5) is 0 Å². The third-order valence-electron chi connectivity index (χ3n) is 2.72. The van der Waals surface area contributed by atoms with Crippen LogP contribution < -0.4 is 0 Å². The van der Waals surface area contributed by atoms with Gasteiger partial charge in [-0.2, -0.15) is 0 Å². The van der Waals surface area contributed by atoms with Crippen molar-refractivity contribution in [2.75, 3.05) is 0 Å². The first-order chi connectivity index (χ1) is 6.37. The summed E-state index contributed by atoms with van der Waals surface area (Å²) >= 11 is 10.8. The molecule has 0 spiro atoms. The predicted octanol–water partition coefficient (Wildman–Crippen LogP) is 3.22. The second-order valence-corrected chi connectivity index (χ2v) is 5.01. The molecule has 78 valence electrons. The van der Waals surface area contributed by atoms with Gasteiger partial charge in [0.05, 0.1) is 5.92 Å². The molecule has 1 saturated carbocycles. The van der Waals surface area contributed by atoms with E-state index in [2.05, 4.69) is 0 Å². The summed E-state index contributed by atoms with van der Waals surface area (Å²) in [4.78, 5) is 10.8. The van der Waals surface area contributed by atoms with E-state index in [4.69, 9.17) is 28.3 Å². The molecule has 1 rings (SSSR count). The molecular weight excluding hydrogens is 223 g/mol. The lowest BCUT2D eigenvalue weighted by Gasteiger charge is -1.95. The van der Waals surface area contributed by atoms with Crippen LogP contribution in [0.1, 0.15) is 13.8 Å². The molecule has 4 heteroatoms. The molecule has 1 aliphatic carbocycles. The Bertz CT molecular complexity index is 301. The van der Waals surface area contributed by atoms with Crippen LogP contribution in [-0.4, -0.2) is 11.1 Å². The van der Waals surface area contributed by atoms with E-state index in [0.29, 0.717) is 0 Å². The maximum absolute atomic E-state index is 10.8. The second-order valence-electron chi connectivity index (χ2n) is 4.00. The average Bonchev–Trinajstić information content (AvgIpc) is 2.52. The molecule has 1 N–H and O–H groups in total. The number of rotatable bonds is 3. The molecule has 0 radical (unpaired) electrons. The van der Waals surface area contributed by atoms with Crippen molar-refractivity contribution in [3.8, 4) is 0 Å². The molecule has 14 heavy (non-hydrogen) atoms. The first-order valence-electron chi connectivity index (χ1n) is 4.29. The third kappa shape index (κ3) is 2.31. The van der Waals surface area contributed by atoms with Gasteiger partial charge in [-0.25, -0.2) is 0 Å². The van der Waals surface area contributed by atoms with E-state index in [0.717, 1.165) is 0 Å². The highest BCUT2D eigenvalue weighted by molar-refractivity contribution is 6.55. The van der Waals surface area contributed by atoms with E-state index >= 15 is 0 Å². The molecule has 0 aromatic heterocycles. The molecule has 0 saturated heterocycles. The van der Waals surface area contributed by atoms with Crippen LogP contribution in [0.3, 0.4) is 0 Å². The molecule has 0 amide bonds. The molecule has 2 atom stereocenters. The second kappa shape index (κ2) is 3.95. The smallest absolute Gasteiger partial charge is 0.307 e. The molecule has 2 nitrogen and oxygen atoms in total. The van der Waals surface area contributed by atoms with Crippen LogP contribution in [0.15, 0.2) is 22.7 Å². The number of aliphatic carboxylic acids is 1. The van der Waals surface area contributed by atoms with Gasteiger partial charge in [-0.05, 0) is 17.4 Å². The van der Waals surface area contributed by atoms with E-state index in [-0.39, 0.29) is 21.7 Å². The van der Waals surface area contributed by atoms with Gasteiger partial charge in [0.25, 0.3) is 0 Å². The molecule has 0 heterocycles. The SMILES string of the molecule is CC1(C)[C@H](/C=C/C=C(Cl)Cl)[C@H]1C(=O)O. The lowest BCUT2D eigenvalue weighted by atomic mass is 10.1. The van der Waals surface area contributed by atoms with Crippen LogP contribution in [0, 0.1) is 17.3 Å². The van der Waals surface area contributed by atoms with Crippen molar-refractivity contribution >= 4 is 29.2 Å². The van der Waals surface area contributed by atoms with E-state index in [9.17, 15) is 4.79 Å². The lowest BCUT2D eigenvalue weighted by molar-refractivity contribution is -0.139. The first kappa shape index (κ1) is 11.6. The first-order valence-corrected chi connectivity index (χ1v) is 5.05. The maximum Gasteiger partial charge on any atom is 0.307 e. The molecule has 0 unspecified atom stereocenters. The van der Waals surface area contributed by atoms with Crippen LogP contribution in [0.5, 0.6) is 0 Å². The Morgan fingerprint density at radius 3 is 2.36 bits per heavy atom. The Kier molecular flexibility index (Phi) is 3.28. The van der Waals surface area contributed by atoms with E-state index in [1.54, 1.807) is 6.08 Å². The molecule has 0 aromatic rings. The van der Waals surface area contributed by atoms with Crippen LogP contribution in [0.2, 0.25) is 0 Å². The quantitative estimate of drug-likeness (QED) is 0.762. The number of carboxylic acid groups (broad SMARTS) is 1. The average molecular weight is 235 g/mol. The third-order valence-corrected chi connectivity index (χ3v) is 2.97. The van der Waals surface area contributed by atoms with E-state index in [1.165, 1.54) is 6.08 Å². The van der Waals surface area contributed by atoms with Gasteiger partial charge in [0.15, 0.2) is 0 Å². The predicted molar refractivity (Wildman–Crippen MR) is 57.3 cm³/mol. The van der Waals surface area contributed by atoms with Crippen molar-refractivity contribution in [2.24, 2.45) is 17.3 Å². The van der Waals surface area contributed by atoms with Crippen molar-refractivity contribution in [3.63, 3.8) is 0 Å². The number of carboxylic acids is 1. The monoisotopic (exact) mass is 234 g/mol. The lowest BCUT2D eigenvalue weighted by Crippen LogP contribution is -2.02. The number of allylic oxidation sites excluding steroid dienone is 3. The minimum atomic E-state index is -0.745. The Morgan fingerprint density at radius 2 is 2.00 bits per heavy atom. The van der Waals surface area contributed by atoms with Crippen molar-refractivity contribution in [1.29, 1.82) is 0 Å². The van der Waals surface area contributed by atoms with Crippen molar-refractivity contribution in [2.45, 2.75) is 13.8 Å². The van der Waals surface area contributed by atoms with E-state index < -0.39 is 5.97 Å². The zero-order chi connectivity index (χ0) is 10.9. The van der Waals surface area contributed by atoms with Crippen LogP contribution in [-0.2, 0) is 4.79 Å². The molecule has 1 fully saturated rings. The van der Waals surface area contributed by atoms with Gasteiger partial charge in [0.2, 0.25) is 0 Å². The zero-order valence-corrected chi connectivity index (χ0v) is 9.51. The summed E-state index contributed by atoms with van der Waals surface area (Å²) in [6.07, 6.45) is 5.07. The Labute approximate surface area is 93.2 Å². The number of hydrogen-bond donors (Lipinski definition) is 1. The minimum absolute atomic E-state index is 0.0731. The van der Waals surface area contributed by atoms with E-state index in [1.807, 2.05) is 19.9 Å². The zero-order valence-electron chi connectivity index (χ0n) is 8.00. The summed E-state index contributed by atoms with van der Waals surface area (Å²) < 4.78 is 0.173. The molecule has 0 bridgehead atoms. The van der Waals surface area contributed by atoms with Crippen molar-refractivity contribution in [3.05, 3.63) is 22.7 Å². The van der Waals surface area contributed by atoms with Crippen molar-refractivity contribution < 1.29 is 9.90 Å². The normalized spacial score (nSPS) is 28.9. The van der Waals surface area contributed by atoms with Crippen LogP contribution in [0.25, 0.3) is 0 Å². The van der Waals surface area contributed by atoms with Crippen LogP contribution >= 0.6 is 23.2 Å². The maximum atomic E-state index is 10.8. The highest BCUT2D eigenvalue weighted by atomic mass is 35.5. The molecule has 1 aliphatic rings. The molecule has 0 aromatic carbocycles. The summed E-state index contributed by atoms with van der Waals surface area (Å²) in [5.41, 5.74) is -0.158. The highest BCUT2D eigenvalue weighted by Crippen LogP contribution is 2.59. The standard InChI is InChI=1S/C10H12Cl2O2/c1-10(2)6(8(10)9(13)14)4-3-5-7(11)12/h3-6,8H,1-2H3,(H,13,14)/b4-3+/t6-,8+/m1/s1. The number of halogens is 2. The number of carbonyl (C=O) groups is 1. The van der Waals surface area contributed by atoms with Gasteiger partial charge in [-0.3, -0.25) is 4.79 Å². The van der Waals surface area contributed by atoms with Crippen molar-refractivity contribution in [1.82, 2.24) is 0 Å².